The molecule has 1 aliphatic carbocycles. The average molecular weight is 227 g/mol. The van der Waals surface area contributed by atoms with Gasteiger partial charge in [0.25, 0.3) is 0 Å². The topological polar surface area (TPSA) is 26.0 Å². The van der Waals surface area contributed by atoms with Gasteiger partial charge in [-0.05, 0) is 12.8 Å². The molecule has 2 N–H and O–H groups in total. The molecule has 0 aromatic rings. The number of nitrogens with two attached hydrogens (primary N) is 1. The van der Waals surface area contributed by atoms with Crippen LogP contribution in [0.15, 0.2) is 0 Å². The normalized spacial score (nSPS) is 22.3. The smallest absolute Gasteiger partial charge is 0.329 e. The summed E-state index contributed by atoms with van der Waals surface area (Å²) < 4.78 is 37.1. The van der Waals surface area contributed by atoms with E-state index in [4.69, 9.17) is 5.73 Å². The lowest BCUT2D eigenvalue weighted by Crippen LogP contribution is -2.35. The standard InChI is InChI=1S/C9H16F3NS/c10-9(11,12)8(6-13)14-7-4-2-1-3-5-7/h7-8H,1-6,13H2. The molecule has 0 spiro atoms. The van der Waals surface area contributed by atoms with Gasteiger partial charge in [0.2, 0.25) is 0 Å². The van der Waals surface area contributed by atoms with E-state index in [-0.39, 0.29) is 11.8 Å². The van der Waals surface area contributed by atoms with Crippen molar-refractivity contribution in [3.63, 3.8) is 0 Å². The summed E-state index contributed by atoms with van der Waals surface area (Å²) in [5.41, 5.74) is 5.14. The molecule has 5 heteroatoms. The quantitative estimate of drug-likeness (QED) is 0.802. The number of hydrogen-bond donors (Lipinski definition) is 1. The van der Waals surface area contributed by atoms with Gasteiger partial charge >= 0.3 is 6.18 Å². The van der Waals surface area contributed by atoms with Crippen LogP contribution >= 0.6 is 11.8 Å². The monoisotopic (exact) mass is 227 g/mol. The fourth-order valence-corrected chi connectivity index (χ4v) is 3.04. The van der Waals surface area contributed by atoms with E-state index in [1.165, 1.54) is 0 Å². The van der Waals surface area contributed by atoms with E-state index in [0.29, 0.717) is 0 Å². The second kappa shape index (κ2) is 5.26. The molecule has 1 aliphatic rings. The first-order chi connectivity index (χ1) is 6.54. The van der Waals surface area contributed by atoms with Gasteiger partial charge in [-0.1, -0.05) is 19.3 Å². The summed E-state index contributed by atoms with van der Waals surface area (Å²) in [6, 6.07) is 0. The Hall–Kier alpha value is 0.100. The van der Waals surface area contributed by atoms with E-state index in [2.05, 4.69) is 0 Å². The number of halogens is 3. The van der Waals surface area contributed by atoms with Crippen LogP contribution in [-0.2, 0) is 0 Å². The molecule has 0 aliphatic heterocycles. The van der Waals surface area contributed by atoms with Crippen LogP contribution in [0.2, 0.25) is 0 Å². The third kappa shape index (κ3) is 3.69. The first-order valence-corrected chi connectivity index (χ1v) is 5.90. The van der Waals surface area contributed by atoms with Gasteiger partial charge in [-0.15, -0.1) is 11.8 Å². The van der Waals surface area contributed by atoms with Gasteiger partial charge in [-0.2, -0.15) is 13.2 Å². The number of rotatable bonds is 3. The molecule has 1 saturated carbocycles. The number of hydrogen-bond acceptors (Lipinski definition) is 2. The Morgan fingerprint density at radius 2 is 1.79 bits per heavy atom. The highest BCUT2D eigenvalue weighted by molar-refractivity contribution is 8.00. The van der Waals surface area contributed by atoms with Crippen LogP contribution in [0.3, 0.4) is 0 Å². The van der Waals surface area contributed by atoms with Crippen LogP contribution in [0, 0.1) is 0 Å². The van der Waals surface area contributed by atoms with Gasteiger partial charge in [-0.25, -0.2) is 0 Å². The van der Waals surface area contributed by atoms with Crippen molar-refractivity contribution in [3.8, 4) is 0 Å². The fourth-order valence-electron chi connectivity index (χ4n) is 1.70. The second-order valence-electron chi connectivity index (χ2n) is 3.66. The molecule has 0 heterocycles. The van der Waals surface area contributed by atoms with Gasteiger partial charge in [0.1, 0.15) is 5.25 Å². The Labute approximate surface area is 86.6 Å². The Kier molecular flexibility index (Phi) is 4.57. The van der Waals surface area contributed by atoms with Crippen molar-refractivity contribution >= 4 is 11.8 Å². The first-order valence-electron chi connectivity index (χ1n) is 4.96. The SMILES string of the molecule is NCC(SC1CCCCC1)C(F)(F)F. The highest BCUT2D eigenvalue weighted by Gasteiger charge is 2.40. The van der Waals surface area contributed by atoms with E-state index < -0.39 is 11.4 Å². The molecule has 1 rings (SSSR count). The Balaban J connectivity index is 2.39. The third-order valence-corrected chi connectivity index (χ3v) is 4.13. The zero-order valence-corrected chi connectivity index (χ0v) is 8.83. The number of thioether (sulfide) groups is 1. The van der Waals surface area contributed by atoms with Crippen molar-refractivity contribution < 1.29 is 13.2 Å². The Bertz CT molecular complexity index is 166. The minimum atomic E-state index is -4.14. The van der Waals surface area contributed by atoms with E-state index in [0.717, 1.165) is 43.9 Å². The van der Waals surface area contributed by atoms with Crippen LogP contribution < -0.4 is 5.73 Å². The molecule has 0 bridgehead atoms. The summed E-state index contributed by atoms with van der Waals surface area (Å²) in [5, 5.41) is -1.20. The minimum Gasteiger partial charge on any atom is -0.329 e. The lowest BCUT2D eigenvalue weighted by Gasteiger charge is -2.26. The highest BCUT2D eigenvalue weighted by atomic mass is 32.2. The van der Waals surface area contributed by atoms with Crippen molar-refractivity contribution in [2.75, 3.05) is 6.54 Å². The van der Waals surface area contributed by atoms with Crippen molar-refractivity contribution in [1.82, 2.24) is 0 Å². The maximum absolute atomic E-state index is 12.4. The molecule has 0 amide bonds. The summed E-state index contributed by atoms with van der Waals surface area (Å²) >= 11 is 1.02. The number of alkyl halides is 3. The molecule has 0 aromatic heterocycles. The lowest BCUT2D eigenvalue weighted by atomic mass is 10.0. The molecule has 0 aromatic carbocycles. The summed E-state index contributed by atoms with van der Waals surface area (Å²) in [4.78, 5) is 0. The Morgan fingerprint density at radius 3 is 2.21 bits per heavy atom. The summed E-state index contributed by atoms with van der Waals surface area (Å²) in [6.07, 6.45) is 0.974. The largest absolute Gasteiger partial charge is 0.401 e. The van der Waals surface area contributed by atoms with Gasteiger partial charge in [-0.3, -0.25) is 0 Å². The van der Waals surface area contributed by atoms with Crippen LogP contribution in [0.4, 0.5) is 13.2 Å². The predicted molar refractivity (Wildman–Crippen MR) is 53.4 cm³/mol. The zero-order valence-electron chi connectivity index (χ0n) is 8.02. The van der Waals surface area contributed by atoms with Crippen LogP contribution in [0.1, 0.15) is 32.1 Å². The van der Waals surface area contributed by atoms with Gasteiger partial charge in [0.15, 0.2) is 0 Å². The van der Waals surface area contributed by atoms with E-state index >= 15 is 0 Å². The molecular weight excluding hydrogens is 211 g/mol. The molecule has 1 unspecified atom stereocenters. The molecule has 14 heavy (non-hydrogen) atoms. The second-order valence-corrected chi connectivity index (χ2v) is 5.17. The van der Waals surface area contributed by atoms with E-state index in [9.17, 15) is 13.2 Å². The molecule has 0 radical (unpaired) electrons. The molecular formula is C9H16F3NS. The maximum atomic E-state index is 12.4. The molecule has 1 nitrogen and oxygen atoms in total. The molecule has 1 fully saturated rings. The fraction of sp³-hybridized carbons (Fsp3) is 1.00. The third-order valence-electron chi connectivity index (χ3n) is 2.49. The molecule has 84 valence electrons. The highest BCUT2D eigenvalue weighted by Crippen LogP contribution is 2.37. The van der Waals surface area contributed by atoms with Crippen molar-refractivity contribution in [3.05, 3.63) is 0 Å². The van der Waals surface area contributed by atoms with Crippen molar-refractivity contribution in [1.29, 1.82) is 0 Å². The van der Waals surface area contributed by atoms with Crippen LogP contribution in [-0.4, -0.2) is 23.2 Å². The minimum absolute atomic E-state index is 0.166. The Morgan fingerprint density at radius 1 is 1.21 bits per heavy atom. The van der Waals surface area contributed by atoms with Crippen molar-refractivity contribution in [2.45, 2.75) is 48.8 Å². The summed E-state index contributed by atoms with van der Waals surface area (Å²) in [5.74, 6) is 0. The van der Waals surface area contributed by atoms with Gasteiger partial charge < -0.3 is 5.73 Å². The summed E-state index contributed by atoms with van der Waals surface area (Å²) in [6.45, 7) is -0.301. The molecule has 1 atom stereocenters. The average Bonchev–Trinajstić information content (AvgIpc) is 2.14. The van der Waals surface area contributed by atoms with Crippen molar-refractivity contribution in [2.24, 2.45) is 5.73 Å². The van der Waals surface area contributed by atoms with Gasteiger partial charge in [0.05, 0.1) is 0 Å². The van der Waals surface area contributed by atoms with Gasteiger partial charge in [0, 0.05) is 11.8 Å². The van der Waals surface area contributed by atoms with E-state index in [1.807, 2.05) is 0 Å². The zero-order chi connectivity index (χ0) is 10.6. The van der Waals surface area contributed by atoms with E-state index in [1.54, 1.807) is 0 Å². The van der Waals surface area contributed by atoms with Crippen LogP contribution in [0.5, 0.6) is 0 Å². The van der Waals surface area contributed by atoms with Crippen LogP contribution in [0.25, 0.3) is 0 Å². The summed E-state index contributed by atoms with van der Waals surface area (Å²) in [7, 11) is 0. The maximum Gasteiger partial charge on any atom is 0.401 e. The molecule has 0 saturated heterocycles. The lowest BCUT2D eigenvalue weighted by molar-refractivity contribution is -0.126. The predicted octanol–water partition coefficient (Wildman–Crippen LogP) is 2.94. The first kappa shape index (κ1) is 12.2.